The van der Waals surface area contributed by atoms with Gasteiger partial charge in [-0.25, -0.2) is 4.79 Å². The summed E-state index contributed by atoms with van der Waals surface area (Å²) in [6, 6.07) is 7.37. The van der Waals surface area contributed by atoms with Gasteiger partial charge in [0.1, 0.15) is 6.61 Å². The predicted octanol–water partition coefficient (Wildman–Crippen LogP) is 2.77. The van der Waals surface area contributed by atoms with Crippen molar-refractivity contribution >= 4 is 12.0 Å². The summed E-state index contributed by atoms with van der Waals surface area (Å²) in [4.78, 5) is 25.9. The number of benzene rings is 1. The minimum absolute atomic E-state index is 0.0287. The fourth-order valence-electron chi connectivity index (χ4n) is 5.26. The Morgan fingerprint density at radius 1 is 1.23 bits per heavy atom. The second-order valence-electron chi connectivity index (χ2n) is 8.74. The van der Waals surface area contributed by atoms with E-state index in [2.05, 4.69) is 23.5 Å². The Morgan fingerprint density at radius 2 is 2.00 bits per heavy atom. The van der Waals surface area contributed by atoms with Crippen LogP contribution in [0.3, 0.4) is 0 Å². The lowest BCUT2D eigenvalue weighted by Gasteiger charge is -2.47. The van der Waals surface area contributed by atoms with Crippen LogP contribution < -0.4 is 5.32 Å². The van der Waals surface area contributed by atoms with Gasteiger partial charge in [0.25, 0.3) is 0 Å². The SMILES string of the molecule is CN(C(=O)C1CC2(COC(=O)N2)C1)C1CC(c2ccc3c(c2)CCC3)C1. The number of carbonyl (C=O) groups excluding carboxylic acids is 2. The van der Waals surface area contributed by atoms with E-state index in [1.807, 2.05) is 11.9 Å². The molecule has 26 heavy (non-hydrogen) atoms. The van der Waals surface area contributed by atoms with Crippen LogP contribution in [0, 0.1) is 5.92 Å². The van der Waals surface area contributed by atoms with Crippen molar-refractivity contribution in [2.75, 3.05) is 13.7 Å². The van der Waals surface area contributed by atoms with Crippen LogP contribution in [0.4, 0.5) is 4.79 Å². The van der Waals surface area contributed by atoms with Gasteiger partial charge in [-0.3, -0.25) is 4.79 Å². The van der Waals surface area contributed by atoms with Gasteiger partial charge >= 0.3 is 6.09 Å². The summed E-state index contributed by atoms with van der Waals surface area (Å²) in [6.45, 7) is 0.406. The Morgan fingerprint density at radius 3 is 2.73 bits per heavy atom. The molecule has 5 heteroatoms. The van der Waals surface area contributed by atoms with Gasteiger partial charge in [0.15, 0.2) is 0 Å². The molecule has 5 rings (SSSR count). The summed E-state index contributed by atoms with van der Waals surface area (Å²) in [5, 5.41) is 2.86. The number of fused-ring (bicyclic) bond motifs is 1. The smallest absolute Gasteiger partial charge is 0.407 e. The maximum absolute atomic E-state index is 12.8. The molecule has 3 aliphatic carbocycles. The summed E-state index contributed by atoms with van der Waals surface area (Å²) in [6.07, 6.45) is 6.96. The molecular formula is C21H26N2O3. The first-order valence-electron chi connectivity index (χ1n) is 9.86. The average Bonchev–Trinajstić information content (AvgIpc) is 3.17. The molecule has 0 unspecified atom stereocenters. The van der Waals surface area contributed by atoms with E-state index < -0.39 is 0 Å². The number of hydrogen-bond acceptors (Lipinski definition) is 3. The van der Waals surface area contributed by atoms with Crippen LogP contribution in [-0.2, 0) is 22.4 Å². The van der Waals surface area contributed by atoms with E-state index in [0.29, 0.717) is 31.4 Å². The molecule has 3 fully saturated rings. The number of alkyl carbamates (subject to hydrolysis) is 1. The average molecular weight is 354 g/mol. The molecule has 1 N–H and O–H groups in total. The highest BCUT2D eigenvalue weighted by atomic mass is 16.6. The molecule has 4 aliphatic rings. The molecule has 0 radical (unpaired) electrons. The molecule has 1 aliphatic heterocycles. The van der Waals surface area contributed by atoms with E-state index in [1.54, 1.807) is 0 Å². The normalized spacial score (nSPS) is 34.5. The van der Waals surface area contributed by atoms with E-state index in [1.165, 1.54) is 36.0 Å². The van der Waals surface area contributed by atoms with Gasteiger partial charge in [-0.1, -0.05) is 18.2 Å². The van der Waals surface area contributed by atoms with Crippen molar-refractivity contribution in [2.24, 2.45) is 5.92 Å². The van der Waals surface area contributed by atoms with Crippen molar-refractivity contribution < 1.29 is 14.3 Å². The van der Waals surface area contributed by atoms with Crippen molar-refractivity contribution in [1.29, 1.82) is 0 Å². The highest BCUT2D eigenvalue weighted by Crippen LogP contribution is 2.44. The third-order valence-electron chi connectivity index (χ3n) is 7.07. The largest absolute Gasteiger partial charge is 0.447 e. The summed E-state index contributed by atoms with van der Waals surface area (Å²) < 4.78 is 5.00. The van der Waals surface area contributed by atoms with Crippen molar-refractivity contribution in [3.63, 3.8) is 0 Å². The molecule has 1 saturated heterocycles. The van der Waals surface area contributed by atoms with E-state index >= 15 is 0 Å². The first-order chi connectivity index (χ1) is 12.5. The summed E-state index contributed by atoms with van der Waals surface area (Å²) in [7, 11) is 1.95. The van der Waals surface area contributed by atoms with Gasteiger partial charge in [0.2, 0.25) is 5.91 Å². The molecule has 2 amide bonds. The molecule has 1 heterocycles. The zero-order chi connectivity index (χ0) is 17.9. The number of nitrogens with zero attached hydrogens (tertiary/aromatic N) is 1. The van der Waals surface area contributed by atoms with Crippen LogP contribution in [0.5, 0.6) is 0 Å². The second-order valence-corrected chi connectivity index (χ2v) is 8.74. The highest BCUT2D eigenvalue weighted by molar-refractivity contribution is 5.81. The van der Waals surface area contributed by atoms with E-state index in [-0.39, 0.29) is 23.5 Å². The van der Waals surface area contributed by atoms with Gasteiger partial charge in [-0.05, 0) is 67.6 Å². The monoisotopic (exact) mass is 354 g/mol. The molecule has 1 aromatic rings. The van der Waals surface area contributed by atoms with E-state index in [0.717, 1.165) is 12.8 Å². The van der Waals surface area contributed by atoms with Crippen LogP contribution >= 0.6 is 0 Å². The van der Waals surface area contributed by atoms with Crippen LogP contribution in [0.25, 0.3) is 0 Å². The van der Waals surface area contributed by atoms with E-state index in [9.17, 15) is 9.59 Å². The van der Waals surface area contributed by atoms with Gasteiger partial charge in [-0.2, -0.15) is 0 Å². The molecule has 5 nitrogen and oxygen atoms in total. The first-order valence-corrected chi connectivity index (χ1v) is 9.86. The summed E-state index contributed by atoms with van der Waals surface area (Å²) in [5.41, 5.74) is 4.25. The minimum atomic E-state index is -0.347. The number of carbonyl (C=O) groups is 2. The zero-order valence-corrected chi connectivity index (χ0v) is 15.3. The number of rotatable bonds is 3. The van der Waals surface area contributed by atoms with Crippen LogP contribution in [0.1, 0.15) is 54.7 Å². The van der Waals surface area contributed by atoms with Crippen molar-refractivity contribution in [1.82, 2.24) is 10.2 Å². The van der Waals surface area contributed by atoms with Crippen LogP contribution in [0.15, 0.2) is 18.2 Å². The lowest BCUT2D eigenvalue weighted by atomic mass is 9.67. The third kappa shape index (κ3) is 2.51. The van der Waals surface area contributed by atoms with Gasteiger partial charge in [0, 0.05) is 19.0 Å². The molecule has 0 atom stereocenters. The minimum Gasteiger partial charge on any atom is -0.447 e. The molecule has 138 valence electrons. The standard InChI is InChI=1S/C21H26N2O3/c1-23(19(24)17-10-21(11-17)12-26-20(25)22-21)18-8-16(9-18)15-6-5-13-3-2-4-14(13)7-15/h5-7,16-18H,2-4,8-12H2,1H3,(H,22,25). The number of nitrogens with one attached hydrogen (secondary N) is 1. The number of amides is 2. The number of cyclic esters (lactones) is 1. The quantitative estimate of drug-likeness (QED) is 0.908. The van der Waals surface area contributed by atoms with Crippen molar-refractivity contribution in [3.05, 3.63) is 34.9 Å². The molecule has 0 aromatic heterocycles. The zero-order valence-electron chi connectivity index (χ0n) is 15.3. The Labute approximate surface area is 154 Å². The topological polar surface area (TPSA) is 58.6 Å². The Kier molecular flexibility index (Phi) is 3.56. The lowest BCUT2D eigenvalue weighted by Crippen LogP contribution is -2.59. The van der Waals surface area contributed by atoms with Crippen LogP contribution in [0.2, 0.25) is 0 Å². The number of ether oxygens (including phenoxy) is 1. The fraction of sp³-hybridized carbons (Fsp3) is 0.619. The summed E-state index contributed by atoms with van der Waals surface area (Å²) in [5.74, 6) is 0.853. The number of hydrogen-bond donors (Lipinski definition) is 1. The Hall–Kier alpha value is -2.04. The molecule has 1 aromatic carbocycles. The molecule has 1 spiro atoms. The van der Waals surface area contributed by atoms with Gasteiger partial charge < -0.3 is 15.0 Å². The fourth-order valence-corrected chi connectivity index (χ4v) is 5.26. The van der Waals surface area contributed by atoms with Crippen molar-refractivity contribution in [3.8, 4) is 0 Å². The first kappa shape index (κ1) is 16.2. The predicted molar refractivity (Wildman–Crippen MR) is 96.9 cm³/mol. The highest BCUT2D eigenvalue weighted by Gasteiger charge is 2.53. The summed E-state index contributed by atoms with van der Waals surface area (Å²) >= 11 is 0. The Bertz CT molecular complexity index is 763. The third-order valence-corrected chi connectivity index (χ3v) is 7.07. The molecule has 0 bridgehead atoms. The van der Waals surface area contributed by atoms with Gasteiger partial charge in [-0.15, -0.1) is 0 Å². The lowest BCUT2D eigenvalue weighted by molar-refractivity contribution is -0.143. The van der Waals surface area contributed by atoms with Crippen molar-refractivity contribution in [2.45, 2.75) is 62.4 Å². The second kappa shape index (κ2) is 5.73. The maximum Gasteiger partial charge on any atom is 0.407 e. The molecule has 2 saturated carbocycles. The number of aryl methyl sites for hydroxylation is 2. The van der Waals surface area contributed by atoms with Gasteiger partial charge in [0.05, 0.1) is 5.54 Å². The van der Waals surface area contributed by atoms with Crippen LogP contribution in [-0.4, -0.2) is 42.1 Å². The van der Waals surface area contributed by atoms with E-state index in [4.69, 9.17) is 4.74 Å². The Balaban J connectivity index is 1.15. The molecular weight excluding hydrogens is 328 g/mol. The maximum atomic E-state index is 12.8.